The molecule has 2 fully saturated rings. The number of carbonyl (C=O) groups excluding carboxylic acids is 1. The minimum atomic E-state index is -1.61. The Kier molecular flexibility index (Phi) is 6.72. The number of aliphatic hydroxyl groups is 4. The summed E-state index contributed by atoms with van der Waals surface area (Å²) in [6, 6.07) is -0.818. The second-order valence-electron chi connectivity index (χ2n) is 5.99. The zero-order chi connectivity index (χ0) is 17.9. The molecule has 0 aromatic heterocycles. The van der Waals surface area contributed by atoms with Crippen molar-refractivity contribution in [1.82, 2.24) is 9.91 Å². The van der Waals surface area contributed by atoms with E-state index < -0.39 is 43.3 Å². The highest BCUT2D eigenvalue weighted by Gasteiger charge is 2.48. The van der Waals surface area contributed by atoms with E-state index in [1.54, 1.807) is 0 Å². The number of ether oxygens (including phenoxy) is 1. The molecule has 1 saturated heterocycles. The van der Waals surface area contributed by atoms with Gasteiger partial charge in [0.15, 0.2) is 6.23 Å². The van der Waals surface area contributed by atoms with Crippen LogP contribution in [0.1, 0.15) is 12.8 Å². The Labute approximate surface area is 143 Å². The highest BCUT2D eigenvalue weighted by molar-refractivity contribution is 6.18. The van der Waals surface area contributed by atoms with E-state index in [0.717, 1.165) is 17.7 Å². The van der Waals surface area contributed by atoms with Gasteiger partial charge in [0, 0.05) is 12.4 Å². The van der Waals surface area contributed by atoms with Crippen LogP contribution in [0, 0.1) is 10.8 Å². The van der Waals surface area contributed by atoms with Crippen molar-refractivity contribution in [1.29, 1.82) is 0 Å². The zero-order valence-electron chi connectivity index (χ0n) is 12.9. The third-order valence-corrected chi connectivity index (χ3v) is 4.36. The number of nitroso groups, excluding NO2 is 1. The van der Waals surface area contributed by atoms with E-state index in [1.165, 1.54) is 0 Å². The van der Waals surface area contributed by atoms with Crippen molar-refractivity contribution in [2.24, 2.45) is 11.2 Å². The molecular formula is C13H22ClN3O7. The minimum absolute atomic E-state index is 0.0105. The van der Waals surface area contributed by atoms with E-state index in [2.05, 4.69) is 5.29 Å². The van der Waals surface area contributed by atoms with E-state index in [1.807, 2.05) is 0 Å². The van der Waals surface area contributed by atoms with Crippen LogP contribution in [-0.4, -0.2) is 92.6 Å². The van der Waals surface area contributed by atoms with Gasteiger partial charge in [-0.2, -0.15) is 5.01 Å². The van der Waals surface area contributed by atoms with Crippen LogP contribution in [0.2, 0.25) is 0 Å². The van der Waals surface area contributed by atoms with Gasteiger partial charge < -0.3 is 25.2 Å². The van der Waals surface area contributed by atoms with Crippen molar-refractivity contribution < 1.29 is 30.0 Å². The Balaban J connectivity index is 2.21. The van der Waals surface area contributed by atoms with E-state index >= 15 is 0 Å². The van der Waals surface area contributed by atoms with Gasteiger partial charge in [-0.15, -0.1) is 16.5 Å². The first-order valence-corrected chi connectivity index (χ1v) is 8.25. The molecule has 11 heteroatoms. The van der Waals surface area contributed by atoms with Crippen LogP contribution in [0.3, 0.4) is 0 Å². The molecule has 24 heavy (non-hydrogen) atoms. The van der Waals surface area contributed by atoms with Gasteiger partial charge in [0.25, 0.3) is 0 Å². The first kappa shape index (κ1) is 19.3. The summed E-state index contributed by atoms with van der Waals surface area (Å²) in [5.41, 5.74) is 0. The SMILES string of the molecule is O=NN(CCCl)C(=O)N(CC1CC1)[C@@H]1O[C@H](CO)[C@H](O)[C@H](O)[C@H]1O. The van der Waals surface area contributed by atoms with Crippen LogP contribution >= 0.6 is 11.6 Å². The fourth-order valence-corrected chi connectivity index (χ4v) is 2.77. The number of amides is 2. The van der Waals surface area contributed by atoms with E-state index in [0.29, 0.717) is 5.01 Å². The van der Waals surface area contributed by atoms with Crippen LogP contribution in [-0.2, 0) is 4.74 Å². The van der Waals surface area contributed by atoms with Gasteiger partial charge in [-0.3, -0.25) is 4.90 Å². The highest BCUT2D eigenvalue weighted by atomic mass is 35.5. The molecule has 2 rings (SSSR count). The van der Waals surface area contributed by atoms with Gasteiger partial charge in [0.1, 0.15) is 24.4 Å². The van der Waals surface area contributed by atoms with E-state index in [9.17, 15) is 30.1 Å². The fourth-order valence-electron chi connectivity index (χ4n) is 2.61. The summed E-state index contributed by atoms with van der Waals surface area (Å²) in [5.74, 6) is 0.175. The molecule has 10 nitrogen and oxygen atoms in total. The fraction of sp³-hybridized carbons (Fsp3) is 0.923. The Bertz CT molecular complexity index is 451. The number of urea groups is 1. The first-order valence-electron chi connectivity index (χ1n) is 7.72. The van der Waals surface area contributed by atoms with Crippen LogP contribution in [0.5, 0.6) is 0 Å². The molecule has 0 unspecified atom stereocenters. The second-order valence-corrected chi connectivity index (χ2v) is 6.37. The summed E-state index contributed by atoms with van der Waals surface area (Å²) in [4.78, 5) is 24.5. The number of rotatable bonds is 7. The summed E-state index contributed by atoms with van der Waals surface area (Å²) >= 11 is 5.55. The van der Waals surface area contributed by atoms with E-state index in [-0.39, 0.29) is 24.9 Å². The van der Waals surface area contributed by atoms with Crippen molar-refractivity contribution in [3.8, 4) is 0 Å². The normalized spacial score (nSPS) is 33.1. The summed E-state index contributed by atoms with van der Waals surface area (Å²) in [5, 5.41) is 42.4. The van der Waals surface area contributed by atoms with Gasteiger partial charge in [-0.25, -0.2) is 4.79 Å². The highest BCUT2D eigenvalue weighted by Crippen LogP contribution is 2.33. The minimum Gasteiger partial charge on any atom is -0.394 e. The summed E-state index contributed by atoms with van der Waals surface area (Å²) in [6.45, 7) is -0.539. The largest absolute Gasteiger partial charge is 0.394 e. The number of hydrogen-bond acceptors (Lipinski definition) is 8. The molecule has 0 radical (unpaired) electrons. The Hall–Kier alpha value is -1.04. The number of carbonyl (C=O) groups is 1. The maximum atomic E-state index is 12.6. The third kappa shape index (κ3) is 4.13. The molecule has 138 valence electrons. The second kappa shape index (κ2) is 8.37. The molecule has 1 aliphatic carbocycles. The van der Waals surface area contributed by atoms with Crippen LogP contribution in [0.25, 0.3) is 0 Å². The molecule has 1 saturated carbocycles. The zero-order valence-corrected chi connectivity index (χ0v) is 13.7. The number of aliphatic hydroxyl groups excluding tert-OH is 4. The van der Waals surface area contributed by atoms with E-state index in [4.69, 9.17) is 16.3 Å². The quantitative estimate of drug-likeness (QED) is 0.252. The predicted molar refractivity (Wildman–Crippen MR) is 81.8 cm³/mol. The summed E-state index contributed by atoms with van der Waals surface area (Å²) in [7, 11) is 0. The maximum absolute atomic E-state index is 12.6. The molecule has 2 amide bonds. The number of hydrogen-bond donors (Lipinski definition) is 4. The van der Waals surface area contributed by atoms with Crippen molar-refractivity contribution in [3.05, 3.63) is 4.91 Å². The molecule has 0 aromatic rings. The van der Waals surface area contributed by atoms with Crippen molar-refractivity contribution in [2.75, 3.05) is 25.6 Å². The molecule has 0 aromatic carbocycles. The number of nitrogens with zero attached hydrogens (tertiary/aromatic N) is 3. The van der Waals surface area contributed by atoms with Gasteiger partial charge in [-0.1, -0.05) is 0 Å². The maximum Gasteiger partial charge on any atom is 0.345 e. The Morgan fingerprint density at radius 1 is 1.21 bits per heavy atom. The lowest BCUT2D eigenvalue weighted by atomic mass is 9.97. The Morgan fingerprint density at radius 2 is 1.88 bits per heavy atom. The lowest BCUT2D eigenvalue weighted by Crippen LogP contribution is -2.65. The average molecular weight is 368 g/mol. The third-order valence-electron chi connectivity index (χ3n) is 4.19. The number of halogens is 1. The summed E-state index contributed by atoms with van der Waals surface area (Å²) in [6.07, 6.45) is -5.45. The molecule has 1 heterocycles. The van der Waals surface area contributed by atoms with Crippen LogP contribution in [0.15, 0.2) is 5.29 Å². The lowest BCUT2D eigenvalue weighted by Gasteiger charge is -2.44. The molecular weight excluding hydrogens is 346 g/mol. The number of alkyl halides is 1. The van der Waals surface area contributed by atoms with Crippen LogP contribution < -0.4 is 0 Å². The lowest BCUT2D eigenvalue weighted by molar-refractivity contribution is -0.258. The molecule has 0 spiro atoms. The first-order chi connectivity index (χ1) is 11.4. The average Bonchev–Trinajstić information content (AvgIpc) is 3.40. The summed E-state index contributed by atoms with van der Waals surface area (Å²) < 4.78 is 5.41. The van der Waals surface area contributed by atoms with Gasteiger partial charge in [0.2, 0.25) is 0 Å². The Morgan fingerprint density at radius 3 is 2.38 bits per heavy atom. The van der Waals surface area contributed by atoms with Gasteiger partial charge in [0.05, 0.1) is 18.4 Å². The molecule has 4 N–H and O–H groups in total. The van der Waals surface area contributed by atoms with Crippen molar-refractivity contribution in [3.63, 3.8) is 0 Å². The topological polar surface area (TPSA) is 143 Å². The molecule has 2 aliphatic rings. The van der Waals surface area contributed by atoms with Crippen molar-refractivity contribution in [2.45, 2.75) is 43.5 Å². The van der Waals surface area contributed by atoms with Crippen LogP contribution in [0.4, 0.5) is 4.79 Å². The monoisotopic (exact) mass is 367 g/mol. The standard InChI is InChI=1S/C13H22ClN3O7/c14-3-4-17(15-23)13(22)16(5-7-1-2-7)12-11(21)10(20)9(19)8(6-18)24-12/h7-12,18-21H,1-6H2/t8-,9+,10+,11-,12-/m1/s1. The van der Waals surface area contributed by atoms with Gasteiger partial charge in [-0.05, 0) is 18.8 Å². The van der Waals surface area contributed by atoms with Gasteiger partial charge >= 0.3 is 6.03 Å². The smallest absolute Gasteiger partial charge is 0.345 e. The predicted octanol–water partition coefficient (Wildman–Crippen LogP) is -1.16. The molecule has 5 atom stereocenters. The van der Waals surface area contributed by atoms with Crippen molar-refractivity contribution >= 4 is 17.6 Å². The molecule has 1 aliphatic heterocycles. The molecule has 0 bridgehead atoms.